The monoisotopic (exact) mass is 406 g/mol. The lowest BCUT2D eigenvalue weighted by Crippen LogP contribution is -2.24. The van der Waals surface area contributed by atoms with Crippen molar-refractivity contribution >= 4 is 43.5 Å². The summed E-state index contributed by atoms with van der Waals surface area (Å²) >= 11 is 13.0. The highest BCUT2D eigenvalue weighted by molar-refractivity contribution is 9.10. The van der Waals surface area contributed by atoms with Crippen molar-refractivity contribution in [2.45, 2.75) is 13.0 Å². The van der Waals surface area contributed by atoms with Gasteiger partial charge >= 0.3 is 0 Å². The first-order valence-corrected chi connectivity index (χ1v) is 7.74. The second-order valence-corrected chi connectivity index (χ2v) is 6.07. The van der Waals surface area contributed by atoms with E-state index in [1.807, 2.05) is 25.2 Å². The third-order valence-electron chi connectivity index (χ3n) is 2.79. The molecule has 0 aliphatic rings. The second-order valence-electron chi connectivity index (χ2n) is 4.05. The summed E-state index contributed by atoms with van der Waals surface area (Å²) in [7, 11) is 1.87. The normalized spacial score (nSPS) is 12.7. The highest BCUT2D eigenvalue weighted by atomic mass is 79.9. The summed E-state index contributed by atoms with van der Waals surface area (Å²) in [4.78, 5) is 0. The molecule has 0 spiro atoms. The fraction of sp³-hybridized carbons (Fsp3) is 0.333. The molecule has 2 rings (SSSR count). The molecule has 0 bridgehead atoms. The van der Waals surface area contributed by atoms with Gasteiger partial charge in [0.05, 0.1) is 16.8 Å². The molecule has 0 saturated carbocycles. The van der Waals surface area contributed by atoms with E-state index in [1.54, 1.807) is 4.68 Å². The van der Waals surface area contributed by atoms with E-state index >= 15 is 0 Å². The zero-order chi connectivity index (χ0) is 14.0. The molecular formula is C12H13Br2ClN4. The highest BCUT2D eigenvalue weighted by Crippen LogP contribution is 2.31. The Kier molecular flexibility index (Phi) is 5.00. The van der Waals surface area contributed by atoms with Crippen molar-refractivity contribution < 1.29 is 0 Å². The number of nitrogens with zero attached hydrogens (tertiary/aromatic N) is 3. The first kappa shape index (κ1) is 15.0. The minimum atomic E-state index is -0.00928. The smallest absolute Gasteiger partial charge is 0.153 e. The molecule has 1 unspecified atom stereocenters. The van der Waals surface area contributed by atoms with Crippen LogP contribution in [0.5, 0.6) is 0 Å². The van der Waals surface area contributed by atoms with Crippen LogP contribution in [0.25, 0.3) is 0 Å². The van der Waals surface area contributed by atoms with Crippen LogP contribution in [0.15, 0.2) is 27.3 Å². The molecule has 102 valence electrons. The van der Waals surface area contributed by atoms with Gasteiger partial charge in [-0.3, -0.25) is 0 Å². The van der Waals surface area contributed by atoms with Gasteiger partial charge in [-0.2, -0.15) is 0 Å². The third kappa shape index (κ3) is 3.18. The number of benzene rings is 1. The van der Waals surface area contributed by atoms with E-state index in [0.717, 1.165) is 26.9 Å². The number of nitrogens with one attached hydrogen (secondary N) is 1. The Balaban J connectivity index is 2.48. The zero-order valence-corrected chi connectivity index (χ0v) is 14.4. The van der Waals surface area contributed by atoms with Crippen LogP contribution < -0.4 is 5.32 Å². The van der Waals surface area contributed by atoms with Gasteiger partial charge in [-0.1, -0.05) is 29.8 Å². The van der Waals surface area contributed by atoms with E-state index in [-0.39, 0.29) is 6.04 Å². The Bertz CT molecular complexity index is 566. The first-order valence-electron chi connectivity index (χ1n) is 5.78. The van der Waals surface area contributed by atoms with E-state index in [0.29, 0.717) is 5.02 Å². The predicted octanol–water partition coefficient (Wildman–Crippen LogP) is 3.69. The number of halogens is 3. The maximum Gasteiger partial charge on any atom is 0.153 e. The first-order chi connectivity index (χ1) is 9.04. The summed E-state index contributed by atoms with van der Waals surface area (Å²) in [6, 6.07) is 5.91. The quantitative estimate of drug-likeness (QED) is 0.839. The third-order valence-corrected chi connectivity index (χ3v) is 4.58. The van der Waals surface area contributed by atoms with Gasteiger partial charge in [-0.25, -0.2) is 4.68 Å². The molecule has 4 nitrogen and oxygen atoms in total. The molecule has 0 fully saturated rings. The van der Waals surface area contributed by atoms with Crippen molar-refractivity contribution in [3.63, 3.8) is 0 Å². The van der Waals surface area contributed by atoms with Gasteiger partial charge in [0.1, 0.15) is 0 Å². The Morgan fingerprint density at radius 1 is 1.42 bits per heavy atom. The lowest BCUT2D eigenvalue weighted by atomic mass is 10.0. The number of rotatable bonds is 4. The van der Waals surface area contributed by atoms with Crippen LogP contribution in [-0.2, 0) is 7.05 Å². The molecule has 0 amide bonds. The largest absolute Gasteiger partial charge is 0.305 e. The molecular weight excluding hydrogens is 395 g/mol. The minimum Gasteiger partial charge on any atom is -0.305 e. The molecule has 0 aliphatic heterocycles. The maximum absolute atomic E-state index is 6.17. The van der Waals surface area contributed by atoms with Gasteiger partial charge in [0.15, 0.2) is 4.60 Å². The van der Waals surface area contributed by atoms with Crippen LogP contribution in [0.2, 0.25) is 5.02 Å². The van der Waals surface area contributed by atoms with E-state index < -0.39 is 0 Å². The summed E-state index contributed by atoms with van der Waals surface area (Å²) in [6.45, 7) is 2.89. The Labute approximate surface area is 133 Å². The lowest BCUT2D eigenvalue weighted by Gasteiger charge is -2.19. The summed E-state index contributed by atoms with van der Waals surface area (Å²) < 4.78 is 3.38. The molecule has 0 saturated heterocycles. The molecule has 0 radical (unpaired) electrons. The van der Waals surface area contributed by atoms with E-state index in [9.17, 15) is 0 Å². The lowest BCUT2D eigenvalue weighted by molar-refractivity contribution is 0.567. The predicted molar refractivity (Wildman–Crippen MR) is 83.4 cm³/mol. The van der Waals surface area contributed by atoms with Gasteiger partial charge < -0.3 is 5.32 Å². The van der Waals surface area contributed by atoms with Crippen LogP contribution in [0.1, 0.15) is 24.2 Å². The minimum absolute atomic E-state index is 0.00928. The van der Waals surface area contributed by atoms with Crippen molar-refractivity contribution in [3.8, 4) is 0 Å². The van der Waals surface area contributed by atoms with Crippen LogP contribution in [0.3, 0.4) is 0 Å². The van der Waals surface area contributed by atoms with Crippen molar-refractivity contribution in [1.29, 1.82) is 0 Å². The van der Waals surface area contributed by atoms with Crippen molar-refractivity contribution in [1.82, 2.24) is 20.3 Å². The van der Waals surface area contributed by atoms with E-state index in [1.165, 1.54) is 0 Å². The molecule has 1 N–H and O–H groups in total. The summed E-state index contributed by atoms with van der Waals surface area (Å²) in [5.74, 6) is 0. The molecule has 1 heterocycles. The topological polar surface area (TPSA) is 42.7 Å². The van der Waals surface area contributed by atoms with Gasteiger partial charge in [0, 0.05) is 11.5 Å². The zero-order valence-electron chi connectivity index (χ0n) is 10.5. The Morgan fingerprint density at radius 3 is 2.68 bits per heavy atom. The van der Waals surface area contributed by atoms with Gasteiger partial charge in [-0.15, -0.1) is 5.10 Å². The SMILES string of the molecule is CCNC(c1ccc(Br)c(Cl)c1)c1c(Br)nnn1C. The van der Waals surface area contributed by atoms with Crippen molar-refractivity contribution in [2.24, 2.45) is 7.05 Å². The van der Waals surface area contributed by atoms with Crippen molar-refractivity contribution in [3.05, 3.63) is 43.6 Å². The maximum atomic E-state index is 6.17. The standard InChI is InChI=1S/C12H13Br2ClN4/c1-3-16-10(11-12(14)17-18-19(11)2)7-4-5-8(13)9(15)6-7/h4-6,10,16H,3H2,1-2H3. The highest BCUT2D eigenvalue weighted by Gasteiger charge is 2.21. The van der Waals surface area contributed by atoms with E-state index in [2.05, 4.69) is 54.4 Å². The summed E-state index contributed by atoms with van der Waals surface area (Å²) in [5.41, 5.74) is 2.04. The van der Waals surface area contributed by atoms with Crippen LogP contribution >= 0.6 is 43.5 Å². The number of aromatic nitrogens is 3. The van der Waals surface area contributed by atoms with Crippen molar-refractivity contribution in [2.75, 3.05) is 6.54 Å². The number of aryl methyl sites for hydroxylation is 1. The van der Waals surface area contributed by atoms with Crippen LogP contribution in [0.4, 0.5) is 0 Å². The fourth-order valence-corrected chi connectivity index (χ4v) is 2.91. The number of hydrogen-bond acceptors (Lipinski definition) is 3. The Morgan fingerprint density at radius 2 is 2.16 bits per heavy atom. The summed E-state index contributed by atoms with van der Waals surface area (Å²) in [6.07, 6.45) is 0. The number of hydrogen-bond donors (Lipinski definition) is 1. The average Bonchev–Trinajstić information content (AvgIpc) is 2.70. The molecule has 2 aromatic rings. The molecule has 0 aliphatic carbocycles. The molecule has 1 aromatic carbocycles. The summed E-state index contributed by atoms with van der Waals surface area (Å²) in [5, 5.41) is 12.2. The van der Waals surface area contributed by atoms with Gasteiger partial charge in [0.25, 0.3) is 0 Å². The average molecular weight is 409 g/mol. The fourth-order valence-electron chi connectivity index (χ4n) is 1.91. The molecule has 1 atom stereocenters. The van der Waals surface area contributed by atoms with Gasteiger partial charge in [-0.05, 0) is 56.1 Å². The Hall–Kier alpha value is -0.430. The van der Waals surface area contributed by atoms with Gasteiger partial charge in [0.2, 0.25) is 0 Å². The molecule has 19 heavy (non-hydrogen) atoms. The molecule has 1 aromatic heterocycles. The van der Waals surface area contributed by atoms with Crippen LogP contribution in [-0.4, -0.2) is 21.5 Å². The second kappa shape index (κ2) is 6.35. The van der Waals surface area contributed by atoms with Crippen LogP contribution in [0, 0.1) is 0 Å². The molecule has 7 heteroatoms. The van der Waals surface area contributed by atoms with E-state index in [4.69, 9.17) is 11.6 Å².